The maximum absolute atomic E-state index is 14.0. The Morgan fingerprint density at radius 3 is 2.15 bits per heavy atom. The third-order valence-electron chi connectivity index (χ3n) is 7.52. The summed E-state index contributed by atoms with van der Waals surface area (Å²) in [6.07, 6.45) is 4.02. The lowest BCUT2D eigenvalue weighted by molar-refractivity contribution is -0.139. The standard InChI is InChI=1S/C31H37N3O4S/c1-23-13-12-20-29(24(23)2)34(39(37,38)28-18-8-5-9-19-28)22-30(35)33(21-26-14-6-4-7-15-26)25(3)31(36)32-27-16-10-11-17-27/h4-9,12-15,18-20,25,27H,10-11,16-17,21-22H2,1-3H3,(H,32,36)/t25-/m1/s1. The predicted octanol–water partition coefficient (Wildman–Crippen LogP) is 4.97. The molecule has 8 heteroatoms. The maximum Gasteiger partial charge on any atom is 0.264 e. The minimum absolute atomic E-state index is 0.0975. The molecular formula is C31H37N3O4S. The number of benzene rings is 3. The van der Waals surface area contributed by atoms with E-state index in [1.807, 2.05) is 50.2 Å². The lowest BCUT2D eigenvalue weighted by Crippen LogP contribution is -2.52. The van der Waals surface area contributed by atoms with Crippen molar-refractivity contribution >= 4 is 27.5 Å². The monoisotopic (exact) mass is 547 g/mol. The summed E-state index contributed by atoms with van der Waals surface area (Å²) in [5.41, 5.74) is 2.98. The molecule has 0 bridgehead atoms. The van der Waals surface area contributed by atoms with E-state index in [1.165, 1.54) is 21.3 Å². The van der Waals surface area contributed by atoms with Crippen LogP contribution in [0.5, 0.6) is 0 Å². The molecule has 2 amide bonds. The Kier molecular flexibility index (Phi) is 9.07. The van der Waals surface area contributed by atoms with Crippen LogP contribution in [0.4, 0.5) is 5.69 Å². The Bertz CT molecular complexity index is 1390. The molecule has 3 aromatic carbocycles. The van der Waals surface area contributed by atoms with E-state index in [0.717, 1.165) is 42.4 Å². The van der Waals surface area contributed by atoms with E-state index in [9.17, 15) is 18.0 Å². The summed E-state index contributed by atoms with van der Waals surface area (Å²) in [6.45, 7) is 5.21. The maximum atomic E-state index is 14.0. The SMILES string of the molecule is Cc1cccc(N(CC(=O)N(Cc2ccccc2)[C@H](C)C(=O)NC2CCCC2)S(=O)(=O)c2ccccc2)c1C. The van der Waals surface area contributed by atoms with Gasteiger partial charge in [-0.15, -0.1) is 0 Å². The van der Waals surface area contributed by atoms with Crippen LogP contribution in [0.1, 0.15) is 49.3 Å². The number of aryl methyl sites for hydroxylation is 1. The number of sulfonamides is 1. The number of anilines is 1. The zero-order chi connectivity index (χ0) is 28.0. The Labute approximate surface area is 231 Å². The highest BCUT2D eigenvalue weighted by atomic mass is 32.2. The van der Waals surface area contributed by atoms with Gasteiger partial charge >= 0.3 is 0 Å². The van der Waals surface area contributed by atoms with Gasteiger partial charge in [-0.2, -0.15) is 0 Å². The van der Waals surface area contributed by atoms with Gasteiger partial charge in [0.05, 0.1) is 10.6 Å². The fraction of sp³-hybridized carbons (Fsp3) is 0.355. The molecule has 0 aliphatic heterocycles. The molecular weight excluding hydrogens is 510 g/mol. The van der Waals surface area contributed by atoms with Crippen LogP contribution < -0.4 is 9.62 Å². The zero-order valence-electron chi connectivity index (χ0n) is 22.8. The molecule has 1 fully saturated rings. The van der Waals surface area contributed by atoms with Gasteiger partial charge in [-0.05, 0) is 68.5 Å². The number of nitrogens with zero attached hydrogens (tertiary/aromatic N) is 2. The molecule has 0 saturated heterocycles. The molecule has 3 aromatic rings. The smallest absolute Gasteiger partial charge is 0.264 e. The molecule has 1 atom stereocenters. The summed E-state index contributed by atoms with van der Waals surface area (Å²) >= 11 is 0. The van der Waals surface area contributed by atoms with Gasteiger partial charge in [0.15, 0.2) is 0 Å². The number of nitrogens with one attached hydrogen (secondary N) is 1. The van der Waals surface area contributed by atoms with E-state index in [2.05, 4.69) is 5.32 Å². The van der Waals surface area contributed by atoms with E-state index >= 15 is 0 Å². The summed E-state index contributed by atoms with van der Waals surface area (Å²) in [6, 6.07) is 22.3. The van der Waals surface area contributed by atoms with E-state index in [4.69, 9.17) is 0 Å². The summed E-state index contributed by atoms with van der Waals surface area (Å²) in [5, 5.41) is 3.09. The normalized spacial score (nSPS) is 14.5. The van der Waals surface area contributed by atoms with Gasteiger partial charge in [0.1, 0.15) is 12.6 Å². The van der Waals surface area contributed by atoms with Crippen LogP contribution in [0, 0.1) is 13.8 Å². The Hall–Kier alpha value is -3.65. The average molecular weight is 548 g/mol. The lowest BCUT2D eigenvalue weighted by atomic mass is 10.1. The number of carbonyl (C=O) groups is 2. The van der Waals surface area contributed by atoms with Gasteiger partial charge in [0, 0.05) is 12.6 Å². The van der Waals surface area contributed by atoms with Crippen LogP contribution in [0.15, 0.2) is 83.8 Å². The van der Waals surface area contributed by atoms with Crippen molar-refractivity contribution in [3.8, 4) is 0 Å². The fourth-order valence-electron chi connectivity index (χ4n) is 4.99. The van der Waals surface area contributed by atoms with Gasteiger partial charge in [0.2, 0.25) is 11.8 Å². The van der Waals surface area contributed by atoms with E-state index < -0.39 is 28.5 Å². The number of carbonyl (C=O) groups excluding carboxylic acids is 2. The van der Waals surface area contributed by atoms with E-state index in [0.29, 0.717) is 5.69 Å². The quantitative estimate of drug-likeness (QED) is 0.388. The molecule has 1 N–H and O–H groups in total. The summed E-state index contributed by atoms with van der Waals surface area (Å²) in [7, 11) is -4.07. The van der Waals surface area contributed by atoms with Crippen molar-refractivity contribution in [2.24, 2.45) is 0 Å². The molecule has 1 aliphatic carbocycles. The Morgan fingerprint density at radius 1 is 0.897 bits per heavy atom. The first-order chi connectivity index (χ1) is 18.7. The minimum Gasteiger partial charge on any atom is -0.352 e. The predicted molar refractivity (Wildman–Crippen MR) is 154 cm³/mol. The molecule has 1 saturated carbocycles. The highest BCUT2D eigenvalue weighted by Gasteiger charge is 2.33. The Balaban J connectivity index is 1.70. The van der Waals surface area contributed by atoms with Crippen LogP contribution in [-0.4, -0.2) is 43.8 Å². The molecule has 7 nitrogen and oxygen atoms in total. The molecule has 4 rings (SSSR count). The molecule has 0 aromatic heterocycles. The molecule has 0 unspecified atom stereocenters. The lowest BCUT2D eigenvalue weighted by Gasteiger charge is -2.33. The first-order valence-corrected chi connectivity index (χ1v) is 14.9. The second-order valence-electron chi connectivity index (χ2n) is 10.2. The first kappa shape index (κ1) is 28.4. The number of hydrogen-bond acceptors (Lipinski definition) is 4. The van der Waals surface area contributed by atoms with Gasteiger partial charge in [-0.1, -0.05) is 73.5 Å². The van der Waals surface area contributed by atoms with Crippen molar-refractivity contribution in [2.45, 2.75) is 70.0 Å². The topological polar surface area (TPSA) is 86.8 Å². The Morgan fingerprint density at radius 2 is 1.51 bits per heavy atom. The van der Waals surface area contributed by atoms with Gasteiger partial charge in [-0.25, -0.2) is 8.42 Å². The third kappa shape index (κ3) is 6.68. The van der Waals surface area contributed by atoms with Gasteiger partial charge in [0.25, 0.3) is 10.0 Å². The highest BCUT2D eigenvalue weighted by molar-refractivity contribution is 7.92. The van der Waals surface area contributed by atoms with E-state index in [1.54, 1.807) is 37.3 Å². The van der Waals surface area contributed by atoms with Crippen LogP contribution in [0.25, 0.3) is 0 Å². The summed E-state index contributed by atoms with van der Waals surface area (Å²) in [4.78, 5) is 28.9. The third-order valence-corrected chi connectivity index (χ3v) is 9.29. The molecule has 0 radical (unpaired) electrons. The van der Waals surface area contributed by atoms with Crippen molar-refractivity contribution in [2.75, 3.05) is 10.8 Å². The van der Waals surface area contributed by atoms with Crippen molar-refractivity contribution < 1.29 is 18.0 Å². The van der Waals surface area contributed by atoms with Crippen LogP contribution in [-0.2, 0) is 26.2 Å². The van der Waals surface area contributed by atoms with Gasteiger partial charge in [-0.3, -0.25) is 13.9 Å². The minimum atomic E-state index is -4.07. The number of amides is 2. The highest BCUT2D eigenvalue weighted by Crippen LogP contribution is 2.29. The largest absolute Gasteiger partial charge is 0.352 e. The molecule has 0 heterocycles. The summed E-state index contributed by atoms with van der Waals surface area (Å²) in [5.74, 6) is -0.677. The molecule has 206 valence electrons. The molecule has 39 heavy (non-hydrogen) atoms. The van der Waals surface area contributed by atoms with Gasteiger partial charge < -0.3 is 10.2 Å². The number of hydrogen-bond donors (Lipinski definition) is 1. The van der Waals surface area contributed by atoms with E-state index in [-0.39, 0.29) is 23.4 Å². The fourth-order valence-corrected chi connectivity index (χ4v) is 6.49. The summed E-state index contributed by atoms with van der Waals surface area (Å²) < 4.78 is 29.0. The van der Waals surface area contributed by atoms with Crippen molar-refractivity contribution in [3.63, 3.8) is 0 Å². The molecule has 1 aliphatic rings. The molecule has 0 spiro atoms. The van der Waals surface area contributed by atoms with Crippen molar-refractivity contribution in [3.05, 3.63) is 95.6 Å². The first-order valence-electron chi connectivity index (χ1n) is 13.5. The second kappa shape index (κ2) is 12.5. The number of rotatable bonds is 10. The van der Waals surface area contributed by atoms with Crippen LogP contribution in [0.3, 0.4) is 0 Å². The zero-order valence-corrected chi connectivity index (χ0v) is 23.7. The van der Waals surface area contributed by atoms with Crippen LogP contribution >= 0.6 is 0 Å². The average Bonchev–Trinajstić information content (AvgIpc) is 3.45. The van der Waals surface area contributed by atoms with Crippen molar-refractivity contribution in [1.82, 2.24) is 10.2 Å². The van der Waals surface area contributed by atoms with Crippen molar-refractivity contribution in [1.29, 1.82) is 0 Å². The second-order valence-corrected chi connectivity index (χ2v) is 12.1. The van der Waals surface area contributed by atoms with Crippen LogP contribution in [0.2, 0.25) is 0 Å².